The maximum atomic E-state index is 10.0. The van der Waals surface area contributed by atoms with E-state index in [9.17, 15) is 4.79 Å². The Morgan fingerprint density at radius 3 is 2.45 bits per heavy atom. The molecule has 0 bridgehead atoms. The molecule has 0 aromatic rings. The molecular weight excluding hydrogens is 148 g/mol. The van der Waals surface area contributed by atoms with Gasteiger partial charge in [0, 0.05) is 0 Å². The first-order valence-corrected chi connectivity index (χ1v) is 3.51. The minimum absolute atomic E-state index is 0.115. The van der Waals surface area contributed by atoms with Gasteiger partial charge in [-0.15, -0.1) is 0 Å². The van der Waals surface area contributed by atoms with E-state index in [4.69, 9.17) is 14.9 Å². The Labute approximate surface area is 65.8 Å². The average Bonchev–Trinajstić information content (AvgIpc) is 2.02. The molecule has 11 heavy (non-hydrogen) atoms. The van der Waals surface area contributed by atoms with Gasteiger partial charge in [-0.05, 0) is 13.8 Å². The highest BCUT2D eigenvalue weighted by molar-refractivity contribution is 5.56. The van der Waals surface area contributed by atoms with Crippen molar-refractivity contribution in [3.05, 3.63) is 0 Å². The van der Waals surface area contributed by atoms with Crippen LogP contribution in [0, 0.1) is 0 Å². The van der Waals surface area contributed by atoms with Crippen LogP contribution in [0.1, 0.15) is 13.8 Å². The summed E-state index contributed by atoms with van der Waals surface area (Å²) in [6.07, 6.45) is -1.60. The minimum atomic E-state index is -1.11. The maximum Gasteiger partial charge on any atom is 0.151 e. The molecule has 0 aliphatic heterocycles. The molecule has 2 N–H and O–H groups in total. The Hall–Kier alpha value is -0.450. The fraction of sp³-hybridized carbons (Fsp3) is 0.857. The number of aliphatic hydroxyl groups is 2. The third kappa shape index (κ3) is 4.08. The van der Waals surface area contributed by atoms with E-state index in [1.807, 2.05) is 0 Å². The average molecular weight is 162 g/mol. The van der Waals surface area contributed by atoms with Gasteiger partial charge >= 0.3 is 0 Å². The largest absolute Gasteiger partial charge is 0.394 e. The number of rotatable bonds is 5. The van der Waals surface area contributed by atoms with Crippen LogP contribution in [0.15, 0.2) is 0 Å². The van der Waals surface area contributed by atoms with E-state index in [0.717, 1.165) is 0 Å². The van der Waals surface area contributed by atoms with Crippen LogP contribution in [0.4, 0.5) is 0 Å². The highest BCUT2D eigenvalue weighted by Gasteiger charge is 2.15. The van der Waals surface area contributed by atoms with Crippen molar-refractivity contribution in [3.63, 3.8) is 0 Å². The van der Waals surface area contributed by atoms with Crippen LogP contribution in [0.2, 0.25) is 0 Å². The summed E-state index contributed by atoms with van der Waals surface area (Å²) < 4.78 is 5.02. The molecule has 66 valence electrons. The van der Waals surface area contributed by atoms with E-state index in [2.05, 4.69) is 0 Å². The summed E-state index contributed by atoms with van der Waals surface area (Å²) >= 11 is 0. The third-order valence-electron chi connectivity index (χ3n) is 1.32. The van der Waals surface area contributed by atoms with Crippen molar-refractivity contribution >= 4 is 6.29 Å². The zero-order valence-electron chi connectivity index (χ0n) is 6.73. The van der Waals surface area contributed by atoms with Crippen molar-refractivity contribution < 1.29 is 19.7 Å². The Morgan fingerprint density at radius 2 is 2.09 bits per heavy atom. The molecule has 3 atom stereocenters. The van der Waals surface area contributed by atoms with E-state index in [1.54, 1.807) is 13.8 Å². The zero-order chi connectivity index (χ0) is 8.85. The Balaban J connectivity index is 3.66. The van der Waals surface area contributed by atoms with Crippen LogP contribution in [0.25, 0.3) is 0 Å². The second kappa shape index (κ2) is 5.23. The fourth-order valence-electron chi connectivity index (χ4n) is 0.601. The molecule has 0 rings (SSSR count). The van der Waals surface area contributed by atoms with Gasteiger partial charge in [0.15, 0.2) is 6.29 Å². The molecular formula is C7H14O4. The number of carbonyl (C=O) groups is 1. The highest BCUT2D eigenvalue weighted by Crippen LogP contribution is 2.00. The van der Waals surface area contributed by atoms with Gasteiger partial charge in [-0.1, -0.05) is 0 Å². The summed E-state index contributed by atoms with van der Waals surface area (Å²) in [7, 11) is 0. The lowest BCUT2D eigenvalue weighted by Crippen LogP contribution is -2.31. The number of hydrogen-bond donors (Lipinski definition) is 2. The summed E-state index contributed by atoms with van der Waals surface area (Å²) in [5.74, 6) is 0. The van der Waals surface area contributed by atoms with Gasteiger partial charge in [0.1, 0.15) is 6.10 Å². The van der Waals surface area contributed by atoms with Crippen LogP contribution in [-0.2, 0) is 9.53 Å². The summed E-state index contributed by atoms with van der Waals surface area (Å²) in [6, 6.07) is 0. The fourth-order valence-corrected chi connectivity index (χ4v) is 0.601. The van der Waals surface area contributed by atoms with E-state index in [-0.39, 0.29) is 12.7 Å². The number of carbonyl (C=O) groups excluding carboxylic acids is 1. The first kappa shape index (κ1) is 10.6. The number of hydrogen-bond acceptors (Lipinski definition) is 4. The van der Waals surface area contributed by atoms with E-state index in [1.165, 1.54) is 0 Å². The smallest absolute Gasteiger partial charge is 0.151 e. The van der Waals surface area contributed by atoms with Gasteiger partial charge in [0.2, 0.25) is 0 Å². The Kier molecular flexibility index (Phi) is 5.02. The van der Waals surface area contributed by atoms with Gasteiger partial charge in [0.25, 0.3) is 0 Å². The van der Waals surface area contributed by atoms with Gasteiger partial charge in [-0.25, -0.2) is 0 Å². The van der Waals surface area contributed by atoms with Crippen LogP contribution >= 0.6 is 0 Å². The lowest BCUT2D eigenvalue weighted by molar-refractivity contribution is -0.126. The summed E-state index contributed by atoms with van der Waals surface area (Å²) in [5.41, 5.74) is 0. The summed E-state index contributed by atoms with van der Waals surface area (Å²) in [4.78, 5) is 10.0. The highest BCUT2D eigenvalue weighted by atomic mass is 16.5. The molecule has 0 saturated carbocycles. The molecule has 0 aromatic carbocycles. The van der Waals surface area contributed by atoms with Gasteiger partial charge in [0.05, 0.1) is 18.8 Å². The molecule has 3 unspecified atom stereocenters. The summed E-state index contributed by atoms with van der Waals surface area (Å²) in [6.45, 7) is 3.12. The Morgan fingerprint density at radius 1 is 1.55 bits per heavy atom. The van der Waals surface area contributed by atoms with Crippen molar-refractivity contribution in [3.8, 4) is 0 Å². The molecule has 0 aliphatic carbocycles. The summed E-state index contributed by atoms with van der Waals surface area (Å²) in [5, 5.41) is 17.4. The minimum Gasteiger partial charge on any atom is -0.394 e. The molecule has 0 aliphatic rings. The molecule has 0 heterocycles. The predicted molar refractivity (Wildman–Crippen MR) is 39.2 cm³/mol. The monoisotopic (exact) mass is 162 g/mol. The van der Waals surface area contributed by atoms with Gasteiger partial charge < -0.3 is 19.7 Å². The zero-order valence-corrected chi connectivity index (χ0v) is 6.73. The Bertz CT molecular complexity index is 115. The van der Waals surface area contributed by atoms with E-state index in [0.29, 0.717) is 6.29 Å². The number of aldehydes is 1. The normalized spacial score (nSPS) is 18.9. The number of aliphatic hydroxyl groups excluding tert-OH is 2. The topological polar surface area (TPSA) is 66.8 Å². The first-order chi connectivity index (χ1) is 5.11. The van der Waals surface area contributed by atoms with Crippen LogP contribution < -0.4 is 0 Å². The second-order valence-electron chi connectivity index (χ2n) is 2.46. The molecule has 4 nitrogen and oxygen atoms in total. The molecule has 0 saturated heterocycles. The predicted octanol–water partition coefficient (Wildman–Crippen LogP) is -0.668. The molecule has 0 aromatic heterocycles. The SMILES string of the molecule is CC(CO)OC(C)C(O)C=O. The first-order valence-electron chi connectivity index (χ1n) is 3.51. The second-order valence-corrected chi connectivity index (χ2v) is 2.46. The lowest BCUT2D eigenvalue weighted by atomic mass is 10.2. The lowest BCUT2D eigenvalue weighted by Gasteiger charge is -2.18. The van der Waals surface area contributed by atoms with Crippen LogP contribution in [-0.4, -0.2) is 41.4 Å². The van der Waals surface area contributed by atoms with Crippen LogP contribution in [0.3, 0.4) is 0 Å². The van der Waals surface area contributed by atoms with Gasteiger partial charge in [-0.2, -0.15) is 0 Å². The maximum absolute atomic E-state index is 10.0. The van der Waals surface area contributed by atoms with Crippen molar-refractivity contribution in [2.45, 2.75) is 32.2 Å². The van der Waals surface area contributed by atoms with Gasteiger partial charge in [-0.3, -0.25) is 0 Å². The van der Waals surface area contributed by atoms with E-state index >= 15 is 0 Å². The quantitative estimate of drug-likeness (QED) is 0.526. The van der Waals surface area contributed by atoms with Crippen LogP contribution in [0.5, 0.6) is 0 Å². The molecule has 4 heteroatoms. The van der Waals surface area contributed by atoms with Crippen molar-refractivity contribution in [2.75, 3.05) is 6.61 Å². The molecule has 0 amide bonds. The van der Waals surface area contributed by atoms with Crippen molar-refractivity contribution in [2.24, 2.45) is 0 Å². The number of ether oxygens (including phenoxy) is 1. The third-order valence-corrected chi connectivity index (χ3v) is 1.32. The molecule has 0 spiro atoms. The van der Waals surface area contributed by atoms with E-state index < -0.39 is 12.2 Å². The molecule has 0 fully saturated rings. The standard InChI is InChI=1S/C7H14O4/c1-5(3-8)11-6(2)7(10)4-9/h4-8,10H,3H2,1-2H3. The van der Waals surface area contributed by atoms with Crippen molar-refractivity contribution in [1.29, 1.82) is 0 Å². The molecule has 0 radical (unpaired) electrons. The van der Waals surface area contributed by atoms with Crippen molar-refractivity contribution in [1.82, 2.24) is 0 Å².